The highest BCUT2D eigenvalue weighted by Gasteiger charge is 2.61. The van der Waals surface area contributed by atoms with Crippen molar-refractivity contribution in [2.45, 2.75) is 49.4 Å². The summed E-state index contributed by atoms with van der Waals surface area (Å²) in [6.07, 6.45) is 2.25. The Morgan fingerprint density at radius 2 is 2.09 bits per heavy atom. The van der Waals surface area contributed by atoms with Crippen LogP contribution in [0.5, 0.6) is 0 Å². The molecule has 1 saturated carbocycles. The smallest absolute Gasteiger partial charge is 0.274 e. The van der Waals surface area contributed by atoms with E-state index in [0.717, 1.165) is 39.8 Å². The van der Waals surface area contributed by atoms with E-state index in [2.05, 4.69) is 48.5 Å². The fraction of sp³-hybridized carbons (Fsp3) is 0.500. The maximum atomic E-state index is 13.1. The number of hydrogen-bond donors (Lipinski definition) is 1. The third-order valence-electron chi connectivity index (χ3n) is 6.41. The van der Waals surface area contributed by atoms with Crippen LogP contribution in [0.1, 0.15) is 56.4 Å². The van der Waals surface area contributed by atoms with Crippen molar-refractivity contribution in [2.24, 2.45) is 5.41 Å². The summed E-state index contributed by atoms with van der Waals surface area (Å²) in [7, 11) is 0. The average Bonchev–Trinajstić information content (AvgIpc) is 3.01. The first-order valence-corrected chi connectivity index (χ1v) is 9.91. The first kappa shape index (κ1) is 15.8. The van der Waals surface area contributed by atoms with Crippen LogP contribution in [-0.2, 0) is 9.84 Å². The normalized spacial score (nSPS) is 27.4. The van der Waals surface area contributed by atoms with Crippen molar-refractivity contribution in [3.05, 3.63) is 50.4 Å². The molecule has 23 heavy (non-hydrogen) atoms. The molecule has 122 valence electrons. The Morgan fingerprint density at radius 1 is 1.35 bits per heavy atom. The molecule has 1 fully saturated rings. The SMILES string of the molecule is CC1(C)[C@@H]2CC[C@@]1(C)c1[nH]n(-c3cc(Cl)cc(CI)c3)c(=O)c12. The van der Waals surface area contributed by atoms with E-state index in [1.54, 1.807) is 4.68 Å². The summed E-state index contributed by atoms with van der Waals surface area (Å²) in [5.74, 6) is 0.357. The van der Waals surface area contributed by atoms with E-state index in [-0.39, 0.29) is 16.4 Å². The molecule has 0 spiro atoms. The molecule has 0 unspecified atom stereocenters. The summed E-state index contributed by atoms with van der Waals surface area (Å²) in [5.41, 5.74) is 4.41. The number of benzene rings is 1. The first-order valence-electron chi connectivity index (χ1n) is 8.01. The Bertz CT molecular complexity index is 866. The van der Waals surface area contributed by atoms with Crippen molar-refractivity contribution in [1.29, 1.82) is 0 Å². The molecule has 2 atom stereocenters. The van der Waals surface area contributed by atoms with Crippen molar-refractivity contribution in [3.63, 3.8) is 0 Å². The zero-order valence-corrected chi connectivity index (χ0v) is 16.5. The van der Waals surface area contributed by atoms with Crippen LogP contribution in [0.15, 0.2) is 23.0 Å². The molecule has 1 heterocycles. The van der Waals surface area contributed by atoms with Crippen molar-refractivity contribution >= 4 is 34.2 Å². The van der Waals surface area contributed by atoms with Crippen LogP contribution in [0.4, 0.5) is 0 Å². The molecule has 0 saturated heterocycles. The van der Waals surface area contributed by atoms with Gasteiger partial charge >= 0.3 is 0 Å². The molecule has 0 aliphatic heterocycles. The van der Waals surface area contributed by atoms with Gasteiger partial charge in [-0.1, -0.05) is 55.0 Å². The number of nitrogens with zero attached hydrogens (tertiary/aromatic N) is 1. The molecule has 2 bridgehead atoms. The summed E-state index contributed by atoms with van der Waals surface area (Å²) >= 11 is 8.55. The number of H-pyrrole nitrogens is 1. The highest BCUT2D eigenvalue weighted by Crippen LogP contribution is 2.66. The molecule has 1 aromatic heterocycles. The number of rotatable bonds is 2. The standard InChI is InChI=1S/C18H20ClIN2O/c1-17(2)13-4-5-18(17,3)15-14(13)16(23)22(21-15)12-7-10(9-20)6-11(19)8-12/h6-8,13,21H,4-5,9H2,1-3H3/t13-,18+/m1/s1. The molecule has 5 heteroatoms. The zero-order valence-electron chi connectivity index (χ0n) is 13.5. The Kier molecular flexibility index (Phi) is 3.34. The molecule has 2 aliphatic carbocycles. The van der Waals surface area contributed by atoms with Crippen LogP contribution in [-0.4, -0.2) is 9.78 Å². The van der Waals surface area contributed by atoms with Gasteiger partial charge in [0.05, 0.1) is 5.69 Å². The summed E-state index contributed by atoms with van der Waals surface area (Å²) in [6, 6.07) is 5.86. The van der Waals surface area contributed by atoms with Crippen LogP contribution in [0.2, 0.25) is 5.02 Å². The molecule has 3 nitrogen and oxygen atoms in total. The third-order valence-corrected chi connectivity index (χ3v) is 7.51. The second kappa shape index (κ2) is 4.88. The van der Waals surface area contributed by atoms with Gasteiger partial charge in [0.1, 0.15) is 0 Å². The van der Waals surface area contributed by atoms with E-state index in [0.29, 0.717) is 10.9 Å². The molecule has 0 radical (unpaired) electrons. The Hall–Kier alpha value is -0.750. The van der Waals surface area contributed by atoms with Gasteiger partial charge in [-0.05, 0) is 47.9 Å². The monoisotopic (exact) mass is 442 g/mol. The second-order valence-electron chi connectivity index (χ2n) is 7.64. The van der Waals surface area contributed by atoms with Gasteiger partial charge in [0.15, 0.2) is 0 Å². The van der Waals surface area contributed by atoms with Crippen molar-refractivity contribution in [3.8, 4) is 5.69 Å². The predicted molar refractivity (Wildman–Crippen MR) is 102 cm³/mol. The number of hydrogen-bond acceptors (Lipinski definition) is 1. The molecule has 4 rings (SSSR count). The lowest BCUT2D eigenvalue weighted by atomic mass is 9.70. The van der Waals surface area contributed by atoms with E-state index in [4.69, 9.17) is 11.6 Å². The van der Waals surface area contributed by atoms with Gasteiger partial charge in [0.2, 0.25) is 0 Å². The largest absolute Gasteiger partial charge is 0.294 e. The summed E-state index contributed by atoms with van der Waals surface area (Å²) in [5, 5.41) is 4.10. The highest BCUT2D eigenvalue weighted by atomic mass is 127. The summed E-state index contributed by atoms with van der Waals surface area (Å²) in [4.78, 5) is 13.1. The molecule has 0 amide bonds. The first-order chi connectivity index (χ1) is 10.8. The predicted octanol–water partition coefficient (Wildman–Crippen LogP) is 4.93. The lowest BCUT2D eigenvalue weighted by Crippen LogP contribution is -2.33. The maximum Gasteiger partial charge on any atom is 0.274 e. The highest BCUT2D eigenvalue weighted by molar-refractivity contribution is 14.1. The van der Waals surface area contributed by atoms with Crippen LogP contribution >= 0.6 is 34.2 Å². The van der Waals surface area contributed by atoms with Crippen molar-refractivity contribution in [2.75, 3.05) is 0 Å². The molecule has 2 aliphatic rings. The molecule has 1 N–H and O–H groups in total. The quantitative estimate of drug-likeness (QED) is 0.520. The minimum atomic E-state index is 0.0576. The van der Waals surface area contributed by atoms with Gasteiger partial charge in [0.25, 0.3) is 5.56 Å². The number of halogens is 2. The van der Waals surface area contributed by atoms with Crippen LogP contribution in [0.3, 0.4) is 0 Å². The fourth-order valence-electron chi connectivity index (χ4n) is 4.67. The van der Waals surface area contributed by atoms with Gasteiger partial charge in [0, 0.05) is 26.1 Å². The molecule has 1 aromatic carbocycles. The number of nitrogens with one attached hydrogen (secondary N) is 1. The maximum absolute atomic E-state index is 13.1. The van der Waals surface area contributed by atoms with E-state index in [1.807, 2.05) is 18.2 Å². The van der Waals surface area contributed by atoms with Crippen molar-refractivity contribution < 1.29 is 0 Å². The minimum absolute atomic E-state index is 0.0576. The second-order valence-corrected chi connectivity index (χ2v) is 8.84. The lowest BCUT2D eigenvalue weighted by molar-refractivity contribution is 0.224. The van der Waals surface area contributed by atoms with Gasteiger partial charge in [-0.15, -0.1) is 0 Å². The van der Waals surface area contributed by atoms with Gasteiger partial charge in [-0.2, -0.15) is 0 Å². The Balaban J connectivity index is 1.93. The minimum Gasteiger partial charge on any atom is -0.294 e. The van der Waals surface area contributed by atoms with E-state index >= 15 is 0 Å². The number of aromatic amines is 1. The van der Waals surface area contributed by atoms with E-state index in [1.165, 1.54) is 0 Å². The molecule has 2 aromatic rings. The van der Waals surface area contributed by atoms with Crippen LogP contribution in [0, 0.1) is 5.41 Å². The van der Waals surface area contributed by atoms with E-state index in [9.17, 15) is 4.79 Å². The topological polar surface area (TPSA) is 37.8 Å². The summed E-state index contributed by atoms with van der Waals surface area (Å²) < 4.78 is 2.56. The lowest BCUT2D eigenvalue weighted by Gasteiger charge is -2.34. The Morgan fingerprint density at radius 3 is 2.74 bits per heavy atom. The fourth-order valence-corrected chi connectivity index (χ4v) is 5.36. The number of aromatic nitrogens is 2. The van der Waals surface area contributed by atoms with Gasteiger partial charge in [-0.25, -0.2) is 4.68 Å². The molecular formula is C18H20ClIN2O. The van der Waals surface area contributed by atoms with E-state index < -0.39 is 0 Å². The number of fused-ring (bicyclic) bond motifs is 5. The van der Waals surface area contributed by atoms with Gasteiger partial charge in [-0.3, -0.25) is 9.89 Å². The van der Waals surface area contributed by atoms with Gasteiger partial charge < -0.3 is 0 Å². The zero-order chi connectivity index (χ0) is 16.6. The Labute approximate surface area is 154 Å². The summed E-state index contributed by atoms with van der Waals surface area (Å²) in [6.45, 7) is 6.90. The van der Waals surface area contributed by atoms with Crippen molar-refractivity contribution in [1.82, 2.24) is 9.78 Å². The van der Waals surface area contributed by atoms with Crippen LogP contribution < -0.4 is 5.56 Å². The molecular weight excluding hydrogens is 423 g/mol. The third kappa shape index (κ3) is 1.91. The number of alkyl halides is 1. The van der Waals surface area contributed by atoms with Crippen LogP contribution in [0.25, 0.3) is 5.69 Å². The average molecular weight is 443 g/mol.